The third-order valence-electron chi connectivity index (χ3n) is 6.14. The molecule has 2 heterocycles. The van der Waals surface area contributed by atoms with E-state index in [9.17, 15) is 4.79 Å². The standard InChI is InChI=1S/C22H29N3O/c1-16-14-17(2)25(23-16)15-18-9-11-20(12-10-18)22(26)24-13-5-7-19-6-3-4-8-21(19)24/h9-12,14,19,21H,3-8,13,15H2,1-2H3. The molecule has 26 heavy (non-hydrogen) atoms. The summed E-state index contributed by atoms with van der Waals surface area (Å²) in [5, 5.41) is 4.52. The number of hydrogen-bond acceptors (Lipinski definition) is 2. The van der Waals surface area contributed by atoms with Crippen LogP contribution in [0.25, 0.3) is 0 Å². The number of rotatable bonds is 3. The Kier molecular flexibility index (Phi) is 4.84. The van der Waals surface area contributed by atoms with Crippen molar-refractivity contribution in [1.29, 1.82) is 0 Å². The number of fused-ring (bicyclic) bond motifs is 1. The number of likely N-dealkylation sites (tertiary alicyclic amines) is 1. The van der Waals surface area contributed by atoms with Crippen molar-refractivity contribution in [3.63, 3.8) is 0 Å². The Morgan fingerprint density at radius 1 is 1.08 bits per heavy atom. The molecule has 2 aromatic rings. The van der Waals surface area contributed by atoms with Gasteiger partial charge in [0.05, 0.1) is 12.2 Å². The third-order valence-corrected chi connectivity index (χ3v) is 6.14. The third kappa shape index (κ3) is 3.42. The first kappa shape index (κ1) is 17.3. The molecular formula is C22H29N3O. The summed E-state index contributed by atoms with van der Waals surface area (Å²) in [6.45, 7) is 5.77. The molecule has 2 unspecified atom stereocenters. The molecule has 0 bridgehead atoms. The van der Waals surface area contributed by atoms with Crippen LogP contribution in [0.15, 0.2) is 30.3 Å². The summed E-state index contributed by atoms with van der Waals surface area (Å²) in [6, 6.07) is 10.7. The zero-order valence-electron chi connectivity index (χ0n) is 15.9. The molecule has 0 spiro atoms. The molecule has 2 aliphatic rings. The molecule has 1 saturated heterocycles. The molecule has 0 N–H and O–H groups in total. The number of piperidine rings is 1. The van der Waals surface area contributed by atoms with Gasteiger partial charge in [0.15, 0.2) is 0 Å². The molecule has 0 radical (unpaired) electrons. The van der Waals surface area contributed by atoms with Gasteiger partial charge in [0.1, 0.15) is 0 Å². The predicted octanol–water partition coefficient (Wildman–Crippen LogP) is 4.34. The van der Waals surface area contributed by atoms with Gasteiger partial charge in [0.25, 0.3) is 5.91 Å². The Balaban J connectivity index is 1.47. The molecule has 1 aromatic heterocycles. The van der Waals surface area contributed by atoms with Gasteiger partial charge >= 0.3 is 0 Å². The molecule has 1 aromatic carbocycles. The topological polar surface area (TPSA) is 38.1 Å². The lowest BCUT2D eigenvalue weighted by molar-refractivity contribution is 0.0390. The van der Waals surface area contributed by atoms with Crippen molar-refractivity contribution in [1.82, 2.24) is 14.7 Å². The molecule has 4 nitrogen and oxygen atoms in total. The van der Waals surface area contributed by atoms with E-state index >= 15 is 0 Å². The molecular weight excluding hydrogens is 322 g/mol. The van der Waals surface area contributed by atoms with E-state index in [0.29, 0.717) is 6.04 Å². The highest BCUT2D eigenvalue weighted by Crippen LogP contribution is 2.35. The van der Waals surface area contributed by atoms with Crippen LogP contribution < -0.4 is 0 Å². The summed E-state index contributed by atoms with van der Waals surface area (Å²) in [5.74, 6) is 0.950. The van der Waals surface area contributed by atoms with Crippen molar-refractivity contribution in [3.8, 4) is 0 Å². The molecule has 1 aliphatic heterocycles. The van der Waals surface area contributed by atoms with Gasteiger partial charge < -0.3 is 4.90 Å². The zero-order valence-corrected chi connectivity index (χ0v) is 15.9. The average Bonchev–Trinajstić information content (AvgIpc) is 2.98. The SMILES string of the molecule is Cc1cc(C)n(Cc2ccc(C(=O)N3CCCC4CCCCC43)cc2)n1. The van der Waals surface area contributed by atoms with E-state index in [1.807, 2.05) is 23.7 Å². The van der Waals surface area contributed by atoms with E-state index in [1.165, 1.54) is 43.4 Å². The highest BCUT2D eigenvalue weighted by atomic mass is 16.2. The Morgan fingerprint density at radius 2 is 1.81 bits per heavy atom. The largest absolute Gasteiger partial charge is 0.335 e. The smallest absolute Gasteiger partial charge is 0.254 e. The first-order valence-corrected chi connectivity index (χ1v) is 10.0. The first-order chi connectivity index (χ1) is 12.6. The van der Waals surface area contributed by atoms with Crippen molar-refractivity contribution >= 4 is 5.91 Å². The Bertz CT molecular complexity index is 775. The van der Waals surface area contributed by atoms with Gasteiger partial charge in [0, 0.05) is 23.8 Å². The van der Waals surface area contributed by atoms with Gasteiger partial charge in [-0.3, -0.25) is 9.48 Å². The van der Waals surface area contributed by atoms with Gasteiger partial charge in [-0.25, -0.2) is 0 Å². The van der Waals surface area contributed by atoms with Crippen molar-refractivity contribution in [2.45, 2.75) is 65.0 Å². The first-order valence-electron chi connectivity index (χ1n) is 10.0. The second-order valence-electron chi connectivity index (χ2n) is 8.03. The Labute approximate surface area is 156 Å². The second kappa shape index (κ2) is 7.26. The summed E-state index contributed by atoms with van der Waals surface area (Å²) in [7, 11) is 0. The van der Waals surface area contributed by atoms with E-state index in [2.05, 4.69) is 35.1 Å². The number of benzene rings is 1. The lowest BCUT2D eigenvalue weighted by Gasteiger charge is -2.44. The fourth-order valence-electron chi connectivity index (χ4n) is 4.80. The minimum absolute atomic E-state index is 0.222. The fraction of sp³-hybridized carbons (Fsp3) is 0.545. The number of amides is 1. The normalized spacial score (nSPS) is 22.9. The lowest BCUT2D eigenvalue weighted by Crippen LogP contribution is -2.49. The molecule has 1 amide bonds. The van der Waals surface area contributed by atoms with Gasteiger partial charge in [-0.05, 0) is 69.2 Å². The minimum atomic E-state index is 0.222. The molecule has 1 saturated carbocycles. The number of aromatic nitrogens is 2. The van der Waals surface area contributed by atoms with Crippen molar-refractivity contribution in [3.05, 3.63) is 52.8 Å². The number of nitrogens with zero attached hydrogens (tertiary/aromatic N) is 3. The zero-order chi connectivity index (χ0) is 18.1. The van der Waals surface area contributed by atoms with Crippen LogP contribution in [0.2, 0.25) is 0 Å². The van der Waals surface area contributed by atoms with Crippen molar-refractivity contribution < 1.29 is 4.79 Å². The van der Waals surface area contributed by atoms with Crippen LogP contribution in [0.5, 0.6) is 0 Å². The van der Waals surface area contributed by atoms with E-state index in [4.69, 9.17) is 0 Å². The van der Waals surface area contributed by atoms with E-state index in [0.717, 1.165) is 36.7 Å². The van der Waals surface area contributed by atoms with E-state index in [1.54, 1.807) is 0 Å². The summed E-state index contributed by atoms with van der Waals surface area (Å²) in [4.78, 5) is 15.3. The highest BCUT2D eigenvalue weighted by Gasteiger charge is 2.35. The maximum Gasteiger partial charge on any atom is 0.254 e. The van der Waals surface area contributed by atoms with Gasteiger partial charge in [-0.1, -0.05) is 25.0 Å². The number of aryl methyl sites for hydroxylation is 2. The molecule has 2 fully saturated rings. The van der Waals surface area contributed by atoms with E-state index < -0.39 is 0 Å². The van der Waals surface area contributed by atoms with Crippen LogP contribution in [-0.2, 0) is 6.54 Å². The van der Waals surface area contributed by atoms with Crippen LogP contribution in [0, 0.1) is 19.8 Å². The molecule has 2 atom stereocenters. The van der Waals surface area contributed by atoms with Crippen LogP contribution in [-0.4, -0.2) is 33.2 Å². The van der Waals surface area contributed by atoms with Crippen molar-refractivity contribution in [2.75, 3.05) is 6.54 Å². The molecule has 4 heteroatoms. The van der Waals surface area contributed by atoms with Crippen LogP contribution in [0.4, 0.5) is 0 Å². The minimum Gasteiger partial charge on any atom is -0.335 e. The maximum atomic E-state index is 13.1. The van der Waals surface area contributed by atoms with Crippen LogP contribution in [0.1, 0.15) is 65.8 Å². The quantitative estimate of drug-likeness (QED) is 0.825. The number of carbonyl (C=O) groups excluding carboxylic acids is 1. The predicted molar refractivity (Wildman–Crippen MR) is 103 cm³/mol. The summed E-state index contributed by atoms with van der Waals surface area (Å²) >= 11 is 0. The highest BCUT2D eigenvalue weighted by molar-refractivity contribution is 5.94. The second-order valence-corrected chi connectivity index (χ2v) is 8.03. The van der Waals surface area contributed by atoms with Gasteiger partial charge in [-0.2, -0.15) is 5.10 Å². The fourth-order valence-corrected chi connectivity index (χ4v) is 4.80. The summed E-state index contributed by atoms with van der Waals surface area (Å²) in [6.07, 6.45) is 7.55. The van der Waals surface area contributed by atoms with Gasteiger partial charge in [-0.15, -0.1) is 0 Å². The van der Waals surface area contributed by atoms with Crippen LogP contribution >= 0.6 is 0 Å². The van der Waals surface area contributed by atoms with Gasteiger partial charge in [0.2, 0.25) is 0 Å². The maximum absolute atomic E-state index is 13.1. The Hall–Kier alpha value is -2.10. The van der Waals surface area contributed by atoms with E-state index in [-0.39, 0.29) is 5.91 Å². The summed E-state index contributed by atoms with van der Waals surface area (Å²) in [5.41, 5.74) is 4.22. The number of carbonyl (C=O) groups is 1. The number of hydrogen-bond donors (Lipinski definition) is 0. The van der Waals surface area contributed by atoms with Crippen LogP contribution in [0.3, 0.4) is 0 Å². The Morgan fingerprint density at radius 3 is 2.54 bits per heavy atom. The van der Waals surface area contributed by atoms with Crippen molar-refractivity contribution in [2.24, 2.45) is 5.92 Å². The molecule has 4 rings (SSSR count). The monoisotopic (exact) mass is 351 g/mol. The average molecular weight is 351 g/mol. The molecule has 138 valence electrons. The molecule has 1 aliphatic carbocycles. The lowest BCUT2D eigenvalue weighted by atomic mass is 9.78. The summed E-state index contributed by atoms with van der Waals surface area (Å²) < 4.78 is 2.02.